The third-order valence-corrected chi connectivity index (χ3v) is 9.83. The first kappa shape index (κ1) is 95.4. The maximum Gasteiger partial charge on any atom is 0.225 e. The number of pyridine rings is 2. The van der Waals surface area contributed by atoms with E-state index >= 15 is 0 Å². The van der Waals surface area contributed by atoms with Crippen molar-refractivity contribution in [2.45, 2.75) is 166 Å². The Morgan fingerprint density at radius 2 is 0.920 bits per heavy atom. The summed E-state index contributed by atoms with van der Waals surface area (Å²) in [5.74, 6) is 6.33. The van der Waals surface area contributed by atoms with Gasteiger partial charge in [-0.3, -0.25) is 0 Å². The molecule has 0 saturated heterocycles. The number of aryl methyl sites for hydroxylation is 14. The molecule has 0 bridgehead atoms. The number of benzene rings is 2. The SMILES string of the molecule is CC.CC.CC.CC.CCN=c1c[c-][nH]c(C)c1.CCN=c1n[c-]nc(C)[nH]1.CCNc1cc(C)nc(C)n1.CNc1c[c-][n+](C)c(C)c1.CNc1cc(C)nc(C)n1.CNc1nc(C)nc(C)n1.Cc1ccc(C)cc1.Cc1ccc(C)cc1.[W].[W].[W]. The molecule has 0 radical (unpaired) electrons. The van der Waals surface area contributed by atoms with E-state index in [9.17, 15) is 0 Å². The van der Waals surface area contributed by atoms with Gasteiger partial charge in [-0.15, -0.1) is 18.3 Å². The first-order chi connectivity index (χ1) is 40.6. The van der Waals surface area contributed by atoms with Crippen LogP contribution in [-0.4, -0.2) is 95.6 Å². The second-order valence-electron chi connectivity index (χ2n) is 17.3. The monoisotopic (exact) mass is 1720 g/mol. The van der Waals surface area contributed by atoms with Crippen molar-refractivity contribution in [3.63, 3.8) is 0 Å². The van der Waals surface area contributed by atoms with Gasteiger partial charge in [-0.1, -0.05) is 169 Å². The second kappa shape index (κ2) is 62.4. The number of hydrogen-bond acceptors (Lipinski definition) is 15. The van der Waals surface area contributed by atoms with Crippen LogP contribution in [0.1, 0.15) is 150 Å². The zero-order valence-electron chi connectivity index (χ0n) is 58.8. The summed E-state index contributed by atoms with van der Waals surface area (Å²) in [5.41, 5.74) is 11.3. The molecule has 6 N–H and O–H groups in total. The Kier molecular flexibility index (Phi) is 67.7. The molecule has 0 saturated carbocycles. The fourth-order valence-electron chi connectivity index (χ4n) is 6.00. The molecular weight excluding hydrogens is 1610 g/mol. The maximum absolute atomic E-state index is 4.22. The molecule has 0 atom stereocenters. The molecule has 2 aromatic carbocycles. The van der Waals surface area contributed by atoms with Crippen LogP contribution >= 0.6 is 0 Å². The summed E-state index contributed by atoms with van der Waals surface area (Å²) in [6.45, 7) is 50.1. The Hall–Kier alpha value is -6.22. The normalized spacial score (nSPS) is 9.14. The Bertz CT molecular complexity index is 2790. The van der Waals surface area contributed by atoms with Crippen molar-refractivity contribution >= 4 is 23.3 Å². The van der Waals surface area contributed by atoms with Crippen LogP contribution < -0.4 is 36.8 Å². The topological polar surface area (TPSA) is 224 Å². The van der Waals surface area contributed by atoms with Crippen molar-refractivity contribution in [2.24, 2.45) is 17.0 Å². The molecule has 0 fully saturated rings. The summed E-state index contributed by atoms with van der Waals surface area (Å²) >= 11 is 0. The fraction of sp³-hybridized carbons (Fsp3) is 0.463. The Balaban J connectivity index is -0.000000167. The minimum Gasteiger partial charge on any atom is -0.472 e. The van der Waals surface area contributed by atoms with Crippen LogP contribution in [0.15, 0.2) is 94.9 Å². The molecule has 0 amide bonds. The van der Waals surface area contributed by atoms with E-state index in [1.54, 1.807) is 7.05 Å². The summed E-state index contributed by atoms with van der Waals surface area (Å²) in [6.07, 6.45) is 8.46. The third kappa shape index (κ3) is 51.8. The van der Waals surface area contributed by atoms with Crippen molar-refractivity contribution in [1.82, 2.24) is 54.8 Å². The van der Waals surface area contributed by atoms with E-state index in [0.29, 0.717) is 11.6 Å². The van der Waals surface area contributed by atoms with Gasteiger partial charge < -0.3 is 55.8 Å². The Morgan fingerprint density at radius 1 is 0.489 bits per heavy atom. The number of rotatable bonds is 7. The third-order valence-electron chi connectivity index (χ3n) is 9.83. The van der Waals surface area contributed by atoms with E-state index in [0.717, 1.165) is 88.5 Å². The first-order valence-electron chi connectivity index (χ1n) is 29.6. The van der Waals surface area contributed by atoms with Gasteiger partial charge in [0.2, 0.25) is 5.95 Å². The van der Waals surface area contributed by atoms with Crippen LogP contribution in [0.25, 0.3) is 0 Å². The Morgan fingerprint density at radius 3 is 1.28 bits per heavy atom. The van der Waals surface area contributed by atoms with Gasteiger partial charge in [0.05, 0.1) is 5.69 Å². The van der Waals surface area contributed by atoms with E-state index in [1.807, 2.05) is 188 Å². The predicted octanol–water partition coefficient (Wildman–Crippen LogP) is 13.4. The molecule has 21 heteroatoms. The Labute approximate surface area is 575 Å². The van der Waals surface area contributed by atoms with Gasteiger partial charge in [-0.25, -0.2) is 24.9 Å². The summed E-state index contributed by atoms with van der Waals surface area (Å²) in [6, 6.07) is 28.7. The summed E-state index contributed by atoms with van der Waals surface area (Å²) in [5, 5.41) is 13.0. The molecule has 6 aromatic heterocycles. The standard InChI is InChI=1S/C8H13N3.C8H12N2.C8H11N2.2C8H10.C7H11N3.C6H10N4.C6H9N4.4C2H6.3W/c1-4-9-8-5-6(2)10-7(3)11-8;1-7-6-8(9-2)4-5-10(7)3;1-3-9-8-4-5-10-7(2)6-8;2*1-7-3-5-8(2)6-4-7;1-5-4-7(8-3)10-6(2)9-5;1-4-8-5(2)10-6(7-3)9-4;1-3-7-6-9-4-8-5(2)10-6;4*1-2;;;/h5H,4H2,1-3H3,(H,9,10,11);4,6,9H,1-3H3;4,6H,3H2,1-2H3,(H,9,10);2*3-6H,1-2H3;4H,1-3H3,(H,8,9,10);1-3H3,(H,7,8,9,10);3H2,1-2H3,(H,7,8,9,10);4*1-2H3;;;/q;;-1;;;;;-1;;;;;;;. The van der Waals surface area contributed by atoms with Crippen LogP contribution in [0.4, 0.5) is 23.3 Å². The average Bonchev–Trinajstić information content (AvgIpc) is 3.54. The molecule has 0 aliphatic rings. The van der Waals surface area contributed by atoms with E-state index in [2.05, 4.69) is 194 Å². The molecule has 88 heavy (non-hydrogen) atoms. The number of nitrogens with zero attached hydrogens (tertiary/aromatic N) is 12. The molecule has 0 spiro atoms. The van der Waals surface area contributed by atoms with Crippen molar-refractivity contribution in [1.29, 1.82) is 0 Å². The van der Waals surface area contributed by atoms with E-state index in [1.165, 1.54) is 27.9 Å². The quantitative estimate of drug-likeness (QED) is 0.0646. The van der Waals surface area contributed by atoms with Gasteiger partial charge >= 0.3 is 0 Å². The average molecular weight is 1720 g/mol. The molecule has 8 rings (SSSR count). The molecule has 0 aliphatic carbocycles. The summed E-state index contributed by atoms with van der Waals surface area (Å²) < 4.78 is 1.96. The number of anilines is 4. The van der Waals surface area contributed by atoms with Crippen LogP contribution in [0.5, 0.6) is 0 Å². The number of aromatic amines is 2. The minimum atomic E-state index is 0. The zero-order chi connectivity index (χ0) is 65.7. The molecule has 8 aromatic rings. The maximum atomic E-state index is 4.22. The van der Waals surface area contributed by atoms with Gasteiger partial charge in [0.1, 0.15) is 53.8 Å². The molecule has 488 valence electrons. The van der Waals surface area contributed by atoms with Gasteiger partial charge in [0, 0.05) is 127 Å². The van der Waals surface area contributed by atoms with Crippen LogP contribution in [0, 0.1) is 109 Å². The number of H-pyrrole nitrogens is 2. The first-order valence-corrected chi connectivity index (χ1v) is 29.6. The number of aromatic nitrogens is 12. The second-order valence-corrected chi connectivity index (χ2v) is 17.3. The van der Waals surface area contributed by atoms with Crippen LogP contribution in [0.3, 0.4) is 0 Å². The van der Waals surface area contributed by atoms with Gasteiger partial charge in [-0.05, 0) is 110 Å². The molecular formula is C67H110N18W3-2. The largest absolute Gasteiger partial charge is 0.472 e. The van der Waals surface area contributed by atoms with Crippen molar-refractivity contribution in [3.05, 3.63) is 189 Å². The van der Waals surface area contributed by atoms with Crippen LogP contribution in [0.2, 0.25) is 0 Å². The summed E-state index contributed by atoms with van der Waals surface area (Å²) in [7, 11) is 7.52. The number of hydrogen-bond donors (Lipinski definition) is 6. The summed E-state index contributed by atoms with van der Waals surface area (Å²) in [4.78, 5) is 50.3. The van der Waals surface area contributed by atoms with Crippen molar-refractivity contribution in [3.8, 4) is 0 Å². The van der Waals surface area contributed by atoms with Gasteiger partial charge in [0.25, 0.3) is 0 Å². The molecule has 0 aliphatic heterocycles. The molecule has 0 unspecified atom stereocenters. The van der Waals surface area contributed by atoms with Crippen LogP contribution in [-0.2, 0) is 70.2 Å². The molecule has 18 nitrogen and oxygen atoms in total. The van der Waals surface area contributed by atoms with Crippen molar-refractivity contribution in [2.75, 3.05) is 62.0 Å². The van der Waals surface area contributed by atoms with Crippen molar-refractivity contribution < 1.29 is 67.8 Å². The molecule has 6 heterocycles. The predicted molar refractivity (Wildman–Crippen MR) is 360 cm³/mol. The van der Waals surface area contributed by atoms with E-state index in [4.69, 9.17) is 0 Å². The van der Waals surface area contributed by atoms with Gasteiger partial charge in [0.15, 0.2) is 0 Å². The minimum absolute atomic E-state index is 0. The zero-order valence-corrected chi connectivity index (χ0v) is 67.6. The van der Waals surface area contributed by atoms with E-state index < -0.39 is 0 Å². The number of nitrogens with one attached hydrogen (secondary N) is 6. The fourth-order valence-corrected chi connectivity index (χ4v) is 6.00. The van der Waals surface area contributed by atoms with E-state index in [-0.39, 0.29) is 63.2 Å². The smallest absolute Gasteiger partial charge is 0.225 e. The van der Waals surface area contributed by atoms with Gasteiger partial charge in [-0.2, -0.15) is 9.97 Å².